The van der Waals surface area contributed by atoms with Crippen molar-refractivity contribution in [3.8, 4) is 28.4 Å². The number of para-hydroxylation sites is 1. The van der Waals surface area contributed by atoms with Crippen molar-refractivity contribution in [2.75, 3.05) is 0 Å². The Bertz CT molecular complexity index is 1150. The van der Waals surface area contributed by atoms with E-state index in [1.807, 2.05) is 66.7 Å². The Kier molecular flexibility index (Phi) is 5.35. The van der Waals surface area contributed by atoms with Crippen LogP contribution in [0, 0.1) is 0 Å². The molecule has 150 valence electrons. The van der Waals surface area contributed by atoms with Crippen molar-refractivity contribution in [3.05, 3.63) is 96.2 Å². The molecule has 0 aliphatic heterocycles. The third kappa shape index (κ3) is 4.10. The van der Waals surface area contributed by atoms with Crippen LogP contribution in [0.4, 0.5) is 0 Å². The van der Waals surface area contributed by atoms with E-state index in [1.54, 1.807) is 10.7 Å². The molecule has 0 fully saturated rings. The number of rotatable bonds is 6. The van der Waals surface area contributed by atoms with Gasteiger partial charge in [-0.3, -0.25) is 0 Å². The van der Waals surface area contributed by atoms with Gasteiger partial charge < -0.3 is 9.84 Å². The monoisotopic (exact) mass is 398 g/mol. The molecule has 1 heterocycles. The minimum absolute atomic E-state index is 0.00236. The van der Waals surface area contributed by atoms with Gasteiger partial charge in [0.15, 0.2) is 5.69 Å². The second-order valence-electron chi connectivity index (χ2n) is 7.32. The molecule has 0 amide bonds. The molecule has 0 aliphatic rings. The van der Waals surface area contributed by atoms with Gasteiger partial charge in [-0.05, 0) is 53.9 Å². The molecule has 0 atom stereocenters. The number of carboxylic acids is 1. The lowest BCUT2D eigenvalue weighted by Gasteiger charge is -2.11. The van der Waals surface area contributed by atoms with Crippen LogP contribution in [0.25, 0.3) is 16.9 Å². The summed E-state index contributed by atoms with van der Waals surface area (Å²) in [5.74, 6) is 0.815. The Morgan fingerprint density at radius 1 is 0.900 bits per heavy atom. The molecule has 0 saturated carbocycles. The van der Waals surface area contributed by atoms with Gasteiger partial charge in [0.25, 0.3) is 0 Å². The highest BCUT2D eigenvalue weighted by Gasteiger charge is 2.16. The van der Waals surface area contributed by atoms with E-state index in [4.69, 9.17) is 4.74 Å². The maximum absolute atomic E-state index is 11.5. The van der Waals surface area contributed by atoms with Gasteiger partial charge in [-0.1, -0.05) is 56.3 Å². The first-order chi connectivity index (χ1) is 14.5. The highest BCUT2D eigenvalue weighted by atomic mass is 16.5. The Labute approximate surface area is 175 Å². The van der Waals surface area contributed by atoms with E-state index in [0.717, 1.165) is 22.7 Å². The van der Waals surface area contributed by atoms with Crippen molar-refractivity contribution in [3.63, 3.8) is 0 Å². The Hall–Kier alpha value is -3.86. The standard InChI is InChI=1S/C25H22N2O3/c1-17(2)18-8-10-19(11-9-18)24-16-23(25(28)29)26-27(24)20-12-14-22(15-13-20)30-21-6-4-3-5-7-21/h3-17H,1-2H3,(H,28,29). The van der Waals surface area contributed by atoms with Gasteiger partial charge in [0, 0.05) is 5.56 Å². The lowest BCUT2D eigenvalue weighted by atomic mass is 10.0. The molecule has 5 nitrogen and oxygen atoms in total. The van der Waals surface area contributed by atoms with Crippen LogP contribution < -0.4 is 4.74 Å². The van der Waals surface area contributed by atoms with Gasteiger partial charge >= 0.3 is 5.97 Å². The Morgan fingerprint density at radius 2 is 1.53 bits per heavy atom. The molecule has 3 aromatic carbocycles. The van der Waals surface area contributed by atoms with Gasteiger partial charge in [-0.15, -0.1) is 0 Å². The van der Waals surface area contributed by atoms with Crippen molar-refractivity contribution in [2.24, 2.45) is 0 Å². The summed E-state index contributed by atoms with van der Waals surface area (Å²) in [6.45, 7) is 4.28. The van der Waals surface area contributed by atoms with E-state index in [0.29, 0.717) is 11.7 Å². The fourth-order valence-corrected chi connectivity index (χ4v) is 3.21. The van der Waals surface area contributed by atoms with Gasteiger partial charge in [0.05, 0.1) is 11.4 Å². The van der Waals surface area contributed by atoms with E-state index in [9.17, 15) is 9.90 Å². The van der Waals surface area contributed by atoms with E-state index in [2.05, 4.69) is 31.1 Å². The average molecular weight is 398 g/mol. The summed E-state index contributed by atoms with van der Waals surface area (Å²) in [6, 6.07) is 26.7. The Balaban J connectivity index is 1.68. The lowest BCUT2D eigenvalue weighted by molar-refractivity contribution is 0.0690. The first-order valence-corrected chi connectivity index (χ1v) is 9.78. The normalized spacial score (nSPS) is 10.9. The van der Waals surface area contributed by atoms with Crippen molar-refractivity contribution in [1.29, 1.82) is 0 Å². The second-order valence-corrected chi connectivity index (χ2v) is 7.32. The number of carbonyl (C=O) groups is 1. The van der Waals surface area contributed by atoms with Crippen LogP contribution in [-0.4, -0.2) is 20.9 Å². The molecule has 0 saturated heterocycles. The minimum atomic E-state index is -1.06. The van der Waals surface area contributed by atoms with E-state index in [-0.39, 0.29) is 5.69 Å². The molecule has 1 N–H and O–H groups in total. The molecule has 0 unspecified atom stereocenters. The van der Waals surface area contributed by atoms with Crippen LogP contribution in [0.3, 0.4) is 0 Å². The number of nitrogens with zero attached hydrogens (tertiary/aromatic N) is 2. The highest BCUT2D eigenvalue weighted by Crippen LogP contribution is 2.28. The summed E-state index contributed by atoms with van der Waals surface area (Å²) >= 11 is 0. The van der Waals surface area contributed by atoms with Gasteiger partial charge in [-0.25, -0.2) is 9.48 Å². The van der Waals surface area contributed by atoms with Gasteiger partial charge in [0.2, 0.25) is 0 Å². The average Bonchev–Trinajstić information content (AvgIpc) is 3.21. The van der Waals surface area contributed by atoms with Crippen LogP contribution in [0.5, 0.6) is 11.5 Å². The summed E-state index contributed by atoms with van der Waals surface area (Å²) in [5.41, 5.74) is 3.61. The smallest absolute Gasteiger partial charge is 0.356 e. The number of benzene rings is 3. The number of carboxylic acid groups (broad SMARTS) is 1. The largest absolute Gasteiger partial charge is 0.476 e. The van der Waals surface area contributed by atoms with Crippen LogP contribution in [0.1, 0.15) is 35.8 Å². The second kappa shape index (κ2) is 8.25. The lowest BCUT2D eigenvalue weighted by Crippen LogP contribution is -2.02. The number of hydrogen-bond donors (Lipinski definition) is 1. The first kappa shape index (κ1) is 19.5. The fourth-order valence-electron chi connectivity index (χ4n) is 3.21. The van der Waals surface area contributed by atoms with Gasteiger partial charge in [0.1, 0.15) is 11.5 Å². The first-order valence-electron chi connectivity index (χ1n) is 9.78. The topological polar surface area (TPSA) is 64.3 Å². The molecule has 30 heavy (non-hydrogen) atoms. The van der Waals surface area contributed by atoms with Crippen LogP contribution in [0.2, 0.25) is 0 Å². The number of aromatic carboxylic acids is 1. The molecule has 0 bridgehead atoms. The zero-order valence-electron chi connectivity index (χ0n) is 16.8. The van der Waals surface area contributed by atoms with E-state index < -0.39 is 5.97 Å². The third-order valence-corrected chi connectivity index (χ3v) is 4.86. The molecular weight excluding hydrogens is 376 g/mol. The zero-order valence-corrected chi connectivity index (χ0v) is 16.8. The van der Waals surface area contributed by atoms with Crippen molar-refractivity contribution < 1.29 is 14.6 Å². The molecular formula is C25H22N2O3. The molecule has 0 aliphatic carbocycles. The van der Waals surface area contributed by atoms with Crippen LogP contribution in [-0.2, 0) is 0 Å². The number of ether oxygens (including phenoxy) is 1. The summed E-state index contributed by atoms with van der Waals surface area (Å²) in [6.07, 6.45) is 0. The zero-order chi connectivity index (χ0) is 21.1. The predicted molar refractivity (Wildman–Crippen MR) is 117 cm³/mol. The molecule has 4 aromatic rings. The molecule has 1 aromatic heterocycles. The molecule has 0 spiro atoms. The van der Waals surface area contributed by atoms with Crippen LogP contribution in [0.15, 0.2) is 84.9 Å². The summed E-state index contributed by atoms with van der Waals surface area (Å²) < 4.78 is 7.49. The summed E-state index contributed by atoms with van der Waals surface area (Å²) in [4.78, 5) is 11.5. The van der Waals surface area contributed by atoms with Gasteiger partial charge in [-0.2, -0.15) is 5.10 Å². The maximum Gasteiger partial charge on any atom is 0.356 e. The molecule has 0 radical (unpaired) electrons. The fraction of sp³-hybridized carbons (Fsp3) is 0.120. The molecule has 4 rings (SSSR count). The third-order valence-electron chi connectivity index (χ3n) is 4.86. The predicted octanol–water partition coefficient (Wildman–Crippen LogP) is 6.15. The highest BCUT2D eigenvalue weighted by molar-refractivity contribution is 5.87. The number of hydrogen-bond acceptors (Lipinski definition) is 3. The quantitative estimate of drug-likeness (QED) is 0.423. The number of aromatic nitrogens is 2. The van der Waals surface area contributed by atoms with Crippen molar-refractivity contribution in [2.45, 2.75) is 19.8 Å². The summed E-state index contributed by atoms with van der Waals surface area (Å²) in [5, 5.41) is 13.7. The van der Waals surface area contributed by atoms with E-state index >= 15 is 0 Å². The minimum Gasteiger partial charge on any atom is -0.476 e. The van der Waals surface area contributed by atoms with E-state index in [1.165, 1.54) is 5.56 Å². The van der Waals surface area contributed by atoms with Crippen LogP contribution >= 0.6 is 0 Å². The molecule has 5 heteroatoms. The van der Waals surface area contributed by atoms with Crippen molar-refractivity contribution >= 4 is 5.97 Å². The SMILES string of the molecule is CC(C)c1ccc(-c2cc(C(=O)O)nn2-c2ccc(Oc3ccccc3)cc2)cc1. The summed E-state index contributed by atoms with van der Waals surface area (Å²) in [7, 11) is 0. The Morgan fingerprint density at radius 3 is 2.13 bits per heavy atom. The van der Waals surface area contributed by atoms with Crippen molar-refractivity contribution in [1.82, 2.24) is 9.78 Å². The maximum atomic E-state index is 11.5.